The molecule has 1 N–H and O–H groups in total. The van der Waals surface area contributed by atoms with E-state index in [9.17, 15) is 14.4 Å². The minimum atomic E-state index is -0.617. The summed E-state index contributed by atoms with van der Waals surface area (Å²) in [6, 6.07) is 1.79. The number of ketones is 1. The molecule has 0 aliphatic rings. The van der Waals surface area contributed by atoms with E-state index in [0.29, 0.717) is 22.7 Å². The normalized spacial score (nSPS) is 10.6. The Morgan fingerprint density at radius 1 is 1.26 bits per heavy atom. The van der Waals surface area contributed by atoms with Gasteiger partial charge in [-0.25, -0.2) is 4.79 Å². The van der Waals surface area contributed by atoms with E-state index < -0.39 is 5.97 Å². The number of carbonyl (C=O) groups excluding carboxylic acids is 3. The zero-order valence-electron chi connectivity index (χ0n) is 16.3. The molecule has 7 heteroatoms. The number of Topliss-reactive ketones (excluding diaryl/α,β-unsaturated/α-hetero) is 1. The molecule has 0 radical (unpaired) electrons. The smallest absolute Gasteiger partial charge is 0.341 e. The highest BCUT2D eigenvalue weighted by Gasteiger charge is 2.23. The van der Waals surface area contributed by atoms with E-state index in [1.54, 1.807) is 19.1 Å². The monoisotopic (exact) mass is 388 g/mol. The molecule has 0 aromatic carbocycles. The summed E-state index contributed by atoms with van der Waals surface area (Å²) in [5.74, 6) is -1.15. The number of nitrogens with one attached hydrogen (secondary N) is 1. The van der Waals surface area contributed by atoms with E-state index in [4.69, 9.17) is 4.74 Å². The van der Waals surface area contributed by atoms with Crippen molar-refractivity contribution in [3.63, 3.8) is 0 Å². The summed E-state index contributed by atoms with van der Waals surface area (Å²) in [5.41, 5.74) is 3.33. The van der Waals surface area contributed by atoms with Crippen LogP contribution in [0.25, 0.3) is 0 Å². The van der Waals surface area contributed by atoms with Gasteiger partial charge >= 0.3 is 5.97 Å². The first kappa shape index (κ1) is 20.6. The lowest BCUT2D eigenvalue weighted by molar-refractivity contribution is -0.114. The second kappa shape index (κ2) is 8.35. The number of allylic oxidation sites excluding steroid dienone is 1. The van der Waals surface area contributed by atoms with E-state index in [2.05, 4.69) is 11.9 Å². The Kier molecular flexibility index (Phi) is 6.38. The Labute approximate surface area is 162 Å². The van der Waals surface area contributed by atoms with Crippen LogP contribution in [0.5, 0.6) is 0 Å². The highest BCUT2D eigenvalue weighted by atomic mass is 32.1. The van der Waals surface area contributed by atoms with Crippen LogP contribution in [-0.2, 0) is 16.1 Å². The van der Waals surface area contributed by atoms with Crippen LogP contribution in [0.2, 0.25) is 0 Å². The lowest BCUT2D eigenvalue weighted by Gasteiger charge is -2.08. The van der Waals surface area contributed by atoms with Crippen molar-refractivity contribution in [1.29, 1.82) is 0 Å². The van der Waals surface area contributed by atoms with Crippen LogP contribution in [0.4, 0.5) is 5.00 Å². The molecule has 0 unspecified atom stereocenters. The van der Waals surface area contributed by atoms with Gasteiger partial charge in [-0.05, 0) is 39.3 Å². The van der Waals surface area contributed by atoms with E-state index in [1.165, 1.54) is 18.3 Å². The Balaban J connectivity index is 2.17. The predicted octanol–water partition coefficient (Wildman–Crippen LogP) is 3.97. The highest BCUT2D eigenvalue weighted by Crippen LogP contribution is 2.33. The fourth-order valence-corrected chi connectivity index (χ4v) is 3.99. The third kappa shape index (κ3) is 4.36. The summed E-state index contributed by atoms with van der Waals surface area (Å²) < 4.78 is 7.24. The van der Waals surface area contributed by atoms with Crippen LogP contribution < -0.4 is 5.32 Å². The average Bonchev–Trinajstić information content (AvgIpc) is 3.02. The first-order valence-electron chi connectivity index (χ1n) is 8.52. The van der Waals surface area contributed by atoms with Gasteiger partial charge in [-0.15, -0.1) is 17.9 Å². The number of aryl methyl sites for hydroxylation is 2. The molecular formula is C20H24N2O4S. The molecule has 2 rings (SSSR count). The number of carbonyl (C=O) groups is 3. The van der Waals surface area contributed by atoms with E-state index in [-0.39, 0.29) is 18.3 Å². The van der Waals surface area contributed by atoms with Crippen molar-refractivity contribution in [2.45, 2.75) is 41.2 Å². The minimum absolute atomic E-state index is 0.266. The van der Waals surface area contributed by atoms with E-state index in [1.807, 2.05) is 25.3 Å². The van der Waals surface area contributed by atoms with Crippen LogP contribution in [0.3, 0.4) is 0 Å². The molecule has 1 amide bonds. The number of anilines is 1. The summed E-state index contributed by atoms with van der Waals surface area (Å²) in [5, 5.41) is 3.09. The fourth-order valence-electron chi connectivity index (χ4n) is 2.90. The Morgan fingerprint density at radius 2 is 1.93 bits per heavy atom. The quantitative estimate of drug-likeness (QED) is 0.442. The topological polar surface area (TPSA) is 77.4 Å². The zero-order chi connectivity index (χ0) is 20.3. The van der Waals surface area contributed by atoms with Crippen LogP contribution >= 0.6 is 11.3 Å². The molecule has 0 fully saturated rings. The van der Waals surface area contributed by atoms with Crippen molar-refractivity contribution in [2.24, 2.45) is 0 Å². The number of hydrogen-bond donors (Lipinski definition) is 1. The van der Waals surface area contributed by atoms with Crippen molar-refractivity contribution in [2.75, 3.05) is 11.9 Å². The van der Waals surface area contributed by atoms with Gasteiger partial charge in [-0.2, -0.15) is 0 Å². The second-order valence-corrected chi connectivity index (χ2v) is 7.58. The maximum absolute atomic E-state index is 12.5. The zero-order valence-corrected chi connectivity index (χ0v) is 17.1. The second-order valence-electron chi connectivity index (χ2n) is 6.35. The summed E-state index contributed by atoms with van der Waals surface area (Å²) in [6.07, 6.45) is 1.76. The van der Waals surface area contributed by atoms with E-state index >= 15 is 0 Å². The van der Waals surface area contributed by atoms with Crippen LogP contribution in [0.15, 0.2) is 18.7 Å². The number of thiophene rings is 1. The fraction of sp³-hybridized carbons (Fsp3) is 0.350. The molecule has 0 aliphatic heterocycles. The lowest BCUT2D eigenvalue weighted by atomic mass is 10.1. The summed E-state index contributed by atoms with van der Waals surface area (Å²) >= 11 is 1.31. The van der Waals surface area contributed by atoms with E-state index in [0.717, 1.165) is 21.8 Å². The molecule has 2 aromatic rings. The van der Waals surface area contributed by atoms with Crippen LogP contribution in [0.1, 0.15) is 49.5 Å². The number of nitrogens with zero attached hydrogens (tertiary/aromatic N) is 1. The standard InChI is InChI=1S/C20H24N2O4S/c1-7-8-22-11(2)9-16(13(22)4)17(24)10-26-20(25)18-12(3)14(5)27-19(18)21-15(6)23/h7,9H,1,8,10H2,2-6H3,(H,21,23). The Hall–Kier alpha value is -2.67. The molecule has 0 aliphatic carbocycles. The van der Waals surface area contributed by atoms with Gasteiger partial charge in [0.1, 0.15) is 5.00 Å². The van der Waals surface area contributed by atoms with Crippen molar-refractivity contribution in [1.82, 2.24) is 4.57 Å². The number of rotatable bonds is 7. The Bertz CT molecular complexity index is 921. The molecule has 0 saturated carbocycles. The SMILES string of the molecule is C=CCn1c(C)cc(C(=O)COC(=O)c2c(NC(C)=O)sc(C)c2C)c1C. The predicted molar refractivity (Wildman–Crippen MR) is 107 cm³/mol. The summed E-state index contributed by atoms with van der Waals surface area (Å²) in [6.45, 7) is 12.8. The van der Waals surface area contributed by atoms with Crippen LogP contribution in [-0.4, -0.2) is 28.8 Å². The molecule has 0 spiro atoms. The Morgan fingerprint density at radius 3 is 2.52 bits per heavy atom. The number of ether oxygens (including phenoxy) is 1. The van der Waals surface area contributed by atoms with Gasteiger partial charge in [0.25, 0.3) is 0 Å². The average molecular weight is 388 g/mol. The van der Waals surface area contributed by atoms with Gasteiger partial charge < -0.3 is 14.6 Å². The molecule has 27 heavy (non-hydrogen) atoms. The van der Waals surface area contributed by atoms with Crippen molar-refractivity contribution in [3.05, 3.63) is 51.7 Å². The molecule has 2 aromatic heterocycles. The molecule has 0 bridgehead atoms. The summed E-state index contributed by atoms with van der Waals surface area (Å²) in [4.78, 5) is 37.4. The number of esters is 1. The number of hydrogen-bond acceptors (Lipinski definition) is 5. The third-order valence-electron chi connectivity index (χ3n) is 4.40. The van der Waals surface area contributed by atoms with Gasteiger partial charge in [0, 0.05) is 35.3 Å². The molecular weight excluding hydrogens is 364 g/mol. The molecule has 0 atom stereocenters. The van der Waals surface area contributed by atoms with Gasteiger partial charge in [-0.1, -0.05) is 6.08 Å². The largest absolute Gasteiger partial charge is 0.454 e. The highest BCUT2D eigenvalue weighted by molar-refractivity contribution is 7.16. The first-order valence-corrected chi connectivity index (χ1v) is 9.34. The van der Waals surface area contributed by atoms with Crippen molar-refractivity contribution >= 4 is 34.0 Å². The first-order chi connectivity index (χ1) is 12.7. The van der Waals surface area contributed by atoms with Crippen molar-refractivity contribution in [3.8, 4) is 0 Å². The minimum Gasteiger partial charge on any atom is -0.454 e. The third-order valence-corrected chi connectivity index (χ3v) is 5.52. The van der Waals surface area contributed by atoms with Crippen molar-refractivity contribution < 1.29 is 19.1 Å². The molecule has 144 valence electrons. The number of aromatic nitrogens is 1. The molecule has 6 nitrogen and oxygen atoms in total. The van der Waals surface area contributed by atoms with Crippen LogP contribution in [0, 0.1) is 27.7 Å². The van der Waals surface area contributed by atoms with Gasteiger partial charge in [0.05, 0.1) is 5.56 Å². The molecule has 0 saturated heterocycles. The van der Waals surface area contributed by atoms with Gasteiger partial charge in [0.2, 0.25) is 11.7 Å². The number of amides is 1. The molecule has 2 heterocycles. The summed E-state index contributed by atoms with van der Waals surface area (Å²) in [7, 11) is 0. The van der Waals surface area contributed by atoms with Gasteiger partial charge in [0.15, 0.2) is 6.61 Å². The lowest BCUT2D eigenvalue weighted by Crippen LogP contribution is -2.17. The maximum Gasteiger partial charge on any atom is 0.341 e. The maximum atomic E-state index is 12.5. The van der Waals surface area contributed by atoms with Gasteiger partial charge in [-0.3, -0.25) is 9.59 Å².